The Kier molecular flexibility index (Phi) is 5.20. The minimum Gasteiger partial charge on any atom is -0.508 e. The number of amides is 1. The third-order valence-electron chi connectivity index (χ3n) is 6.22. The molecule has 1 heterocycles. The second-order valence-electron chi connectivity index (χ2n) is 7.76. The molecule has 2 aromatic rings. The van der Waals surface area contributed by atoms with E-state index in [1.165, 1.54) is 18.2 Å². The summed E-state index contributed by atoms with van der Waals surface area (Å²) in [6, 6.07) is 9.55. The predicted molar refractivity (Wildman–Crippen MR) is 115 cm³/mol. The van der Waals surface area contributed by atoms with Crippen LogP contribution in [0.4, 0.5) is 11.4 Å². The Morgan fingerprint density at radius 2 is 1.97 bits per heavy atom. The summed E-state index contributed by atoms with van der Waals surface area (Å²) in [5.74, 6) is 0.235. The Bertz CT molecular complexity index is 1030. The molecule has 7 nitrogen and oxygen atoms in total. The van der Waals surface area contributed by atoms with E-state index in [0.717, 1.165) is 17.7 Å². The third-order valence-corrected chi connectivity index (χ3v) is 6.22. The molecule has 2 aliphatic rings. The van der Waals surface area contributed by atoms with Crippen LogP contribution in [-0.2, 0) is 0 Å². The van der Waals surface area contributed by atoms with Gasteiger partial charge in [-0.25, -0.2) is 0 Å². The molecule has 1 aliphatic heterocycles. The molecule has 0 saturated heterocycles. The maximum atomic E-state index is 12.8. The van der Waals surface area contributed by atoms with Crippen molar-refractivity contribution in [1.82, 2.24) is 4.90 Å². The highest BCUT2D eigenvalue weighted by atomic mass is 16.6. The standard InChI is InChI=1S/C23H25N3O4/c1-3-25(4-2)23(28)14-8-10-20-18(12-14)16-6-5-7-17(16)22(24-20)19-13-15(26(29)30)9-11-21(19)27/h5-6,8-13,16-17,22,24,27H,3-4,7H2,1-2H3. The number of nitrogens with zero attached hydrogens (tertiary/aromatic N) is 2. The van der Waals surface area contributed by atoms with Crippen LogP contribution < -0.4 is 5.32 Å². The van der Waals surface area contributed by atoms with Crippen LogP contribution in [0.1, 0.15) is 53.7 Å². The Morgan fingerprint density at radius 3 is 2.67 bits per heavy atom. The molecule has 3 atom stereocenters. The molecule has 0 aromatic heterocycles. The second-order valence-corrected chi connectivity index (χ2v) is 7.76. The molecule has 156 valence electrons. The highest BCUT2D eigenvalue weighted by Crippen LogP contribution is 2.51. The molecule has 0 radical (unpaired) electrons. The average Bonchev–Trinajstić information content (AvgIpc) is 3.24. The van der Waals surface area contributed by atoms with Gasteiger partial charge in [0.1, 0.15) is 5.75 Å². The lowest BCUT2D eigenvalue weighted by molar-refractivity contribution is -0.385. The van der Waals surface area contributed by atoms with Crippen LogP contribution in [0.5, 0.6) is 5.75 Å². The molecule has 0 saturated carbocycles. The number of hydrogen-bond donors (Lipinski definition) is 2. The summed E-state index contributed by atoms with van der Waals surface area (Å²) < 4.78 is 0. The van der Waals surface area contributed by atoms with E-state index in [0.29, 0.717) is 24.2 Å². The molecule has 7 heteroatoms. The predicted octanol–water partition coefficient (Wildman–Crippen LogP) is 4.61. The fourth-order valence-electron chi connectivity index (χ4n) is 4.63. The van der Waals surface area contributed by atoms with Gasteiger partial charge in [0.2, 0.25) is 0 Å². The number of anilines is 1. The van der Waals surface area contributed by atoms with E-state index < -0.39 is 4.92 Å². The van der Waals surface area contributed by atoms with Gasteiger partial charge in [-0.3, -0.25) is 14.9 Å². The summed E-state index contributed by atoms with van der Waals surface area (Å²) in [6.45, 7) is 5.25. The molecule has 0 spiro atoms. The number of aromatic hydroxyl groups is 1. The van der Waals surface area contributed by atoms with Crippen molar-refractivity contribution in [3.05, 3.63) is 75.4 Å². The maximum absolute atomic E-state index is 12.8. The summed E-state index contributed by atoms with van der Waals surface area (Å²) in [5, 5.41) is 25.1. The van der Waals surface area contributed by atoms with E-state index in [2.05, 4.69) is 17.5 Å². The van der Waals surface area contributed by atoms with Crippen molar-refractivity contribution in [2.24, 2.45) is 5.92 Å². The van der Waals surface area contributed by atoms with Crippen molar-refractivity contribution in [2.75, 3.05) is 18.4 Å². The molecule has 4 rings (SSSR count). The average molecular weight is 407 g/mol. The van der Waals surface area contributed by atoms with Crippen LogP contribution in [0.2, 0.25) is 0 Å². The minimum absolute atomic E-state index is 0.0137. The zero-order valence-electron chi connectivity index (χ0n) is 17.0. The van der Waals surface area contributed by atoms with E-state index >= 15 is 0 Å². The summed E-state index contributed by atoms with van der Waals surface area (Å²) in [6.07, 6.45) is 5.03. The van der Waals surface area contributed by atoms with Crippen molar-refractivity contribution in [1.29, 1.82) is 0 Å². The van der Waals surface area contributed by atoms with E-state index in [1.807, 2.05) is 32.0 Å². The van der Waals surface area contributed by atoms with Gasteiger partial charge >= 0.3 is 0 Å². The van der Waals surface area contributed by atoms with Gasteiger partial charge in [0.15, 0.2) is 0 Å². The van der Waals surface area contributed by atoms with Crippen molar-refractivity contribution >= 4 is 17.3 Å². The van der Waals surface area contributed by atoms with Crippen molar-refractivity contribution < 1.29 is 14.8 Å². The fraction of sp³-hybridized carbons (Fsp3) is 0.348. The number of fused-ring (bicyclic) bond motifs is 3. The number of nitrogens with one attached hydrogen (secondary N) is 1. The molecule has 1 aliphatic carbocycles. The van der Waals surface area contributed by atoms with Crippen molar-refractivity contribution in [2.45, 2.75) is 32.2 Å². The fourth-order valence-corrected chi connectivity index (χ4v) is 4.63. The van der Waals surface area contributed by atoms with Gasteiger partial charge in [-0.1, -0.05) is 12.2 Å². The van der Waals surface area contributed by atoms with Gasteiger partial charge in [0.05, 0.1) is 11.0 Å². The largest absolute Gasteiger partial charge is 0.508 e. The van der Waals surface area contributed by atoms with Crippen LogP contribution >= 0.6 is 0 Å². The number of phenols is 1. The first-order chi connectivity index (χ1) is 14.4. The van der Waals surface area contributed by atoms with E-state index in [4.69, 9.17) is 0 Å². The van der Waals surface area contributed by atoms with Crippen LogP contribution in [0.3, 0.4) is 0 Å². The van der Waals surface area contributed by atoms with Crippen molar-refractivity contribution in [3.63, 3.8) is 0 Å². The maximum Gasteiger partial charge on any atom is 0.270 e. The first kappa shape index (κ1) is 19.9. The molecule has 0 fully saturated rings. The van der Waals surface area contributed by atoms with Gasteiger partial charge in [-0.15, -0.1) is 0 Å². The number of hydrogen-bond acceptors (Lipinski definition) is 5. The van der Waals surface area contributed by atoms with Gasteiger partial charge in [0.25, 0.3) is 11.6 Å². The smallest absolute Gasteiger partial charge is 0.270 e. The number of benzene rings is 2. The number of rotatable bonds is 5. The molecule has 0 bridgehead atoms. The summed E-state index contributed by atoms with van der Waals surface area (Å²) in [5.41, 5.74) is 3.08. The van der Waals surface area contributed by atoms with Crippen LogP contribution in [0.25, 0.3) is 0 Å². The third kappa shape index (κ3) is 3.30. The number of carbonyl (C=O) groups is 1. The molecule has 30 heavy (non-hydrogen) atoms. The lowest BCUT2D eigenvalue weighted by Crippen LogP contribution is -2.32. The number of phenolic OH excluding ortho intramolecular Hbond substituents is 1. The normalized spacial score (nSPS) is 21.5. The lowest BCUT2D eigenvalue weighted by Gasteiger charge is -2.38. The monoisotopic (exact) mass is 407 g/mol. The van der Waals surface area contributed by atoms with Gasteiger partial charge in [0, 0.05) is 48.0 Å². The number of non-ortho nitro benzene ring substituents is 1. The molecule has 2 aromatic carbocycles. The first-order valence-corrected chi connectivity index (χ1v) is 10.3. The number of allylic oxidation sites excluding steroid dienone is 2. The quantitative estimate of drug-likeness (QED) is 0.429. The van der Waals surface area contributed by atoms with Crippen LogP contribution in [-0.4, -0.2) is 33.9 Å². The Balaban J connectivity index is 1.73. The van der Waals surface area contributed by atoms with Gasteiger partial charge in [-0.05, 0) is 56.0 Å². The van der Waals surface area contributed by atoms with Crippen LogP contribution in [0.15, 0.2) is 48.6 Å². The minimum atomic E-state index is -0.449. The van der Waals surface area contributed by atoms with Crippen molar-refractivity contribution in [3.8, 4) is 5.75 Å². The van der Waals surface area contributed by atoms with E-state index in [1.54, 1.807) is 4.90 Å². The summed E-state index contributed by atoms with van der Waals surface area (Å²) in [4.78, 5) is 25.4. The zero-order chi connectivity index (χ0) is 21.4. The Hall–Kier alpha value is -3.35. The molecular weight excluding hydrogens is 382 g/mol. The van der Waals surface area contributed by atoms with Gasteiger partial charge in [-0.2, -0.15) is 0 Å². The second kappa shape index (κ2) is 7.82. The molecule has 2 N–H and O–H groups in total. The zero-order valence-corrected chi connectivity index (χ0v) is 17.0. The van der Waals surface area contributed by atoms with Gasteiger partial charge < -0.3 is 15.3 Å². The highest BCUT2D eigenvalue weighted by molar-refractivity contribution is 5.95. The summed E-state index contributed by atoms with van der Waals surface area (Å²) >= 11 is 0. The van der Waals surface area contributed by atoms with E-state index in [9.17, 15) is 20.0 Å². The van der Waals surface area contributed by atoms with Crippen LogP contribution in [0, 0.1) is 16.0 Å². The molecule has 3 unspecified atom stereocenters. The lowest BCUT2D eigenvalue weighted by atomic mass is 9.76. The summed E-state index contributed by atoms with van der Waals surface area (Å²) in [7, 11) is 0. The number of nitro groups is 1. The number of nitro benzene ring substituents is 1. The number of carbonyl (C=O) groups excluding carboxylic acids is 1. The first-order valence-electron chi connectivity index (χ1n) is 10.3. The molecule has 1 amide bonds. The highest BCUT2D eigenvalue weighted by Gasteiger charge is 2.39. The Morgan fingerprint density at radius 1 is 1.20 bits per heavy atom. The Labute approximate surface area is 175 Å². The molecular formula is C23H25N3O4. The van der Waals surface area contributed by atoms with E-state index in [-0.39, 0.29) is 35.2 Å². The SMILES string of the molecule is CCN(CC)C(=O)c1ccc2c(c1)C1C=CCC1C(c1cc([N+](=O)[O-])ccc1O)N2. The topological polar surface area (TPSA) is 95.7 Å².